The molecular weight excluding hydrogens is 244 g/mol. The van der Waals surface area contributed by atoms with E-state index in [0.717, 1.165) is 23.9 Å². The van der Waals surface area contributed by atoms with Gasteiger partial charge < -0.3 is 5.32 Å². The number of nitrogens with one attached hydrogen (secondary N) is 1. The Morgan fingerprint density at radius 2 is 1.75 bits per heavy atom. The highest BCUT2D eigenvalue weighted by Gasteiger charge is 2.31. The maximum atomic E-state index is 3.91. The minimum atomic E-state index is 0.771. The molecule has 1 aliphatic heterocycles. The lowest BCUT2D eigenvalue weighted by Crippen LogP contribution is -2.52. The zero-order valence-electron chi connectivity index (χ0n) is 13.4. The molecule has 0 aromatic rings. The molecule has 2 saturated carbocycles. The lowest BCUT2D eigenvalue weighted by molar-refractivity contribution is 0.0750. The summed E-state index contributed by atoms with van der Waals surface area (Å²) in [5.74, 6) is 1.98. The van der Waals surface area contributed by atoms with Crippen LogP contribution in [0, 0.1) is 11.8 Å². The molecule has 2 atom stereocenters. The van der Waals surface area contributed by atoms with Crippen LogP contribution in [-0.4, -0.2) is 36.6 Å². The molecule has 2 unspecified atom stereocenters. The van der Waals surface area contributed by atoms with Crippen molar-refractivity contribution in [2.75, 3.05) is 19.6 Å². The third-order valence-corrected chi connectivity index (χ3v) is 6.28. The van der Waals surface area contributed by atoms with Gasteiger partial charge in [0.2, 0.25) is 0 Å². The first-order chi connectivity index (χ1) is 9.83. The molecule has 2 aliphatic carbocycles. The first kappa shape index (κ1) is 14.8. The van der Waals surface area contributed by atoms with Gasteiger partial charge in [0.05, 0.1) is 0 Å². The number of nitrogens with zero attached hydrogens (tertiary/aromatic N) is 1. The van der Waals surface area contributed by atoms with E-state index in [9.17, 15) is 0 Å². The Labute approximate surface area is 125 Å². The van der Waals surface area contributed by atoms with E-state index in [0.29, 0.717) is 0 Å². The molecule has 0 spiro atoms. The molecule has 0 bridgehead atoms. The van der Waals surface area contributed by atoms with Crippen LogP contribution >= 0.6 is 0 Å². The predicted octanol–water partition coefficient (Wildman–Crippen LogP) is 3.81. The lowest BCUT2D eigenvalue weighted by atomic mass is 9.79. The van der Waals surface area contributed by atoms with Gasteiger partial charge in [0.25, 0.3) is 0 Å². The Hall–Kier alpha value is -0.0800. The highest BCUT2D eigenvalue weighted by Crippen LogP contribution is 2.33. The zero-order chi connectivity index (χ0) is 13.8. The third kappa shape index (κ3) is 3.76. The summed E-state index contributed by atoms with van der Waals surface area (Å²) in [6.45, 7) is 6.42. The van der Waals surface area contributed by atoms with Crippen molar-refractivity contribution >= 4 is 0 Å². The fraction of sp³-hybridized carbons (Fsp3) is 1.00. The number of hydrogen-bond donors (Lipinski definition) is 1. The standard InChI is InChI=1S/C18H34N2/c1-15(17-9-5-10-17)20-12-6-11-18(14-20)19-13-16-7-3-2-4-8-16/h15-19H,2-14H2,1H3. The van der Waals surface area contributed by atoms with Crippen LogP contribution in [0.5, 0.6) is 0 Å². The fourth-order valence-corrected chi connectivity index (χ4v) is 4.49. The average Bonchev–Trinajstić information content (AvgIpc) is 2.45. The van der Waals surface area contributed by atoms with Gasteiger partial charge in [-0.2, -0.15) is 0 Å². The van der Waals surface area contributed by atoms with Crippen molar-refractivity contribution in [3.05, 3.63) is 0 Å². The van der Waals surface area contributed by atoms with Crippen LogP contribution in [0.4, 0.5) is 0 Å². The predicted molar refractivity (Wildman–Crippen MR) is 86.0 cm³/mol. The highest BCUT2D eigenvalue weighted by molar-refractivity contribution is 4.87. The van der Waals surface area contributed by atoms with E-state index in [4.69, 9.17) is 0 Å². The minimum absolute atomic E-state index is 0.771. The van der Waals surface area contributed by atoms with E-state index in [1.165, 1.54) is 83.8 Å². The summed E-state index contributed by atoms with van der Waals surface area (Å²) in [5.41, 5.74) is 0. The molecule has 0 radical (unpaired) electrons. The summed E-state index contributed by atoms with van der Waals surface area (Å²) in [4.78, 5) is 2.78. The van der Waals surface area contributed by atoms with Gasteiger partial charge >= 0.3 is 0 Å². The van der Waals surface area contributed by atoms with Crippen molar-refractivity contribution < 1.29 is 0 Å². The number of rotatable bonds is 5. The van der Waals surface area contributed by atoms with Crippen molar-refractivity contribution in [3.63, 3.8) is 0 Å². The normalized spacial score (nSPS) is 31.9. The molecule has 1 saturated heterocycles. The van der Waals surface area contributed by atoms with Crippen LogP contribution in [-0.2, 0) is 0 Å². The molecule has 1 heterocycles. The monoisotopic (exact) mass is 278 g/mol. The van der Waals surface area contributed by atoms with Crippen LogP contribution in [0.3, 0.4) is 0 Å². The fourth-order valence-electron chi connectivity index (χ4n) is 4.49. The molecule has 0 amide bonds. The molecular formula is C18H34N2. The molecule has 20 heavy (non-hydrogen) atoms. The van der Waals surface area contributed by atoms with E-state index < -0.39 is 0 Å². The van der Waals surface area contributed by atoms with Crippen LogP contribution in [0.2, 0.25) is 0 Å². The first-order valence-corrected chi connectivity index (χ1v) is 9.30. The van der Waals surface area contributed by atoms with Crippen LogP contribution in [0.25, 0.3) is 0 Å². The van der Waals surface area contributed by atoms with Gasteiger partial charge in [0.15, 0.2) is 0 Å². The molecule has 116 valence electrons. The van der Waals surface area contributed by atoms with E-state index in [1.54, 1.807) is 0 Å². The Balaban J connectivity index is 1.40. The van der Waals surface area contributed by atoms with Crippen molar-refractivity contribution in [3.8, 4) is 0 Å². The van der Waals surface area contributed by atoms with Gasteiger partial charge in [-0.25, -0.2) is 0 Å². The van der Waals surface area contributed by atoms with E-state index in [2.05, 4.69) is 17.1 Å². The third-order valence-electron chi connectivity index (χ3n) is 6.28. The summed E-state index contributed by atoms with van der Waals surface area (Å²) in [6, 6.07) is 1.61. The summed E-state index contributed by atoms with van der Waals surface area (Å²) in [6.07, 6.45) is 14.6. The van der Waals surface area contributed by atoms with E-state index in [-0.39, 0.29) is 0 Å². The van der Waals surface area contributed by atoms with Crippen molar-refractivity contribution in [2.45, 2.75) is 83.2 Å². The second kappa shape index (κ2) is 7.26. The van der Waals surface area contributed by atoms with Crippen molar-refractivity contribution in [2.24, 2.45) is 11.8 Å². The molecule has 3 fully saturated rings. The van der Waals surface area contributed by atoms with E-state index >= 15 is 0 Å². The molecule has 0 aromatic heterocycles. The maximum absolute atomic E-state index is 3.91. The van der Waals surface area contributed by atoms with Crippen molar-refractivity contribution in [1.29, 1.82) is 0 Å². The Bertz CT molecular complexity index is 281. The largest absolute Gasteiger partial charge is 0.312 e. The highest BCUT2D eigenvalue weighted by atomic mass is 15.2. The van der Waals surface area contributed by atoms with Crippen molar-refractivity contribution in [1.82, 2.24) is 10.2 Å². The molecule has 3 aliphatic rings. The maximum Gasteiger partial charge on any atom is 0.0195 e. The molecule has 1 N–H and O–H groups in total. The van der Waals surface area contributed by atoms with Gasteiger partial charge in [-0.05, 0) is 70.4 Å². The molecule has 3 rings (SSSR count). The van der Waals surface area contributed by atoms with Crippen LogP contribution < -0.4 is 5.32 Å². The molecule has 2 heteroatoms. The van der Waals surface area contributed by atoms with Gasteiger partial charge in [0, 0.05) is 18.6 Å². The SMILES string of the molecule is CC(C1CCC1)N1CCCC(NCC2CCCCC2)C1. The van der Waals surface area contributed by atoms with Crippen LogP contribution in [0.15, 0.2) is 0 Å². The first-order valence-electron chi connectivity index (χ1n) is 9.30. The average molecular weight is 278 g/mol. The smallest absolute Gasteiger partial charge is 0.0195 e. The summed E-state index contributed by atoms with van der Waals surface area (Å²) in [5, 5.41) is 3.91. The summed E-state index contributed by atoms with van der Waals surface area (Å²) >= 11 is 0. The van der Waals surface area contributed by atoms with Gasteiger partial charge in [-0.15, -0.1) is 0 Å². The Kier molecular flexibility index (Phi) is 5.39. The second-order valence-electron chi connectivity index (χ2n) is 7.68. The second-order valence-corrected chi connectivity index (χ2v) is 7.68. The minimum Gasteiger partial charge on any atom is -0.312 e. The number of likely N-dealkylation sites (tertiary alicyclic amines) is 1. The van der Waals surface area contributed by atoms with Crippen LogP contribution in [0.1, 0.15) is 71.1 Å². The summed E-state index contributed by atoms with van der Waals surface area (Å²) < 4.78 is 0. The number of hydrogen-bond acceptors (Lipinski definition) is 2. The summed E-state index contributed by atoms with van der Waals surface area (Å²) in [7, 11) is 0. The zero-order valence-corrected chi connectivity index (χ0v) is 13.4. The van der Waals surface area contributed by atoms with E-state index in [1.807, 2.05) is 0 Å². The molecule has 0 aromatic carbocycles. The lowest BCUT2D eigenvalue weighted by Gasteiger charge is -2.43. The van der Waals surface area contributed by atoms with Gasteiger partial charge in [-0.3, -0.25) is 4.90 Å². The Morgan fingerprint density at radius 1 is 0.950 bits per heavy atom. The van der Waals surface area contributed by atoms with Gasteiger partial charge in [-0.1, -0.05) is 25.7 Å². The van der Waals surface area contributed by atoms with Gasteiger partial charge in [0.1, 0.15) is 0 Å². The number of piperidine rings is 1. The molecule has 2 nitrogen and oxygen atoms in total. The quantitative estimate of drug-likeness (QED) is 0.822. The Morgan fingerprint density at radius 3 is 2.45 bits per heavy atom. The topological polar surface area (TPSA) is 15.3 Å².